The predicted octanol–water partition coefficient (Wildman–Crippen LogP) is 3.00. The fourth-order valence-corrected chi connectivity index (χ4v) is 2.24. The number of rotatable bonds is 6. The number of hydrogen-bond acceptors (Lipinski definition) is 5. The van der Waals surface area contributed by atoms with E-state index in [0.717, 1.165) is 0 Å². The first kappa shape index (κ1) is 18.1. The van der Waals surface area contributed by atoms with Crippen molar-refractivity contribution in [1.29, 1.82) is 0 Å². The molecule has 1 aromatic heterocycles. The van der Waals surface area contributed by atoms with Crippen LogP contribution in [0.15, 0.2) is 59.1 Å². The Hall–Kier alpha value is -3.68. The molecule has 138 valence electrons. The number of methoxy groups -OCH3 is 1. The minimum atomic E-state index is -0.502. The van der Waals surface area contributed by atoms with Gasteiger partial charge in [0, 0.05) is 17.3 Å². The molecule has 0 aliphatic heterocycles. The van der Waals surface area contributed by atoms with Crippen LogP contribution in [-0.4, -0.2) is 24.1 Å². The van der Waals surface area contributed by atoms with Gasteiger partial charge >= 0.3 is 0 Å². The highest BCUT2D eigenvalue weighted by Gasteiger charge is 2.14. The molecule has 0 unspecified atom stereocenters. The van der Waals surface area contributed by atoms with E-state index < -0.39 is 11.7 Å². The maximum atomic E-state index is 12.9. The van der Waals surface area contributed by atoms with E-state index >= 15 is 0 Å². The summed E-state index contributed by atoms with van der Waals surface area (Å²) in [5.74, 6) is -0.228. The highest BCUT2D eigenvalue weighted by molar-refractivity contribution is 6.02. The lowest BCUT2D eigenvalue weighted by Gasteiger charge is -2.04. The molecule has 0 radical (unpaired) electrons. The van der Waals surface area contributed by atoms with E-state index in [-0.39, 0.29) is 18.1 Å². The van der Waals surface area contributed by atoms with E-state index in [4.69, 9.17) is 9.26 Å². The van der Waals surface area contributed by atoms with Crippen molar-refractivity contribution in [2.75, 3.05) is 12.4 Å². The molecule has 0 aliphatic carbocycles. The Morgan fingerprint density at radius 3 is 2.44 bits per heavy atom. The van der Waals surface area contributed by atoms with Crippen LogP contribution in [0, 0.1) is 5.82 Å². The molecule has 1 heterocycles. The number of ether oxygens (including phenoxy) is 1. The summed E-state index contributed by atoms with van der Waals surface area (Å²) in [5.41, 5.74) is 0.941. The van der Waals surface area contributed by atoms with Gasteiger partial charge in [0.05, 0.1) is 13.7 Å². The van der Waals surface area contributed by atoms with E-state index in [9.17, 15) is 14.0 Å². The summed E-state index contributed by atoms with van der Waals surface area (Å²) in [5, 5.41) is 8.92. The average Bonchev–Trinajstić information content (AvgIpc) is 3.17. The SMILES string of the molecule is COc1ccc(C(=O)NCc2cc(C(=O)Nc3ccc(F)cc3)no2)cc1. The standard InChI is InChI=1S/C19H16FN3O4/c1-26-15-8-2-12(3-9-15)18(24)21-11-16-10-17(23-27-16)19(25)22-14-6-4-13(20)5-7-14/h2-10H,11H2,1H3,(H,21,24)(H,22,25). The Kier molecular flexibility index (Phi) is 5.46. The van der Waals surface area contributed by atoms with Crippen molar-refractivity contribution in [3.8, 4) is 5.75 Å². The van der Waals surface area contributed by atoms with Crippen molar-refractivity contribution < 1.29 is 23.2 Å². The Morgan fingerprint density at radius 1 is 1.07 bits per heavy atom. The summed E-state index contributed by atoms with van der Waals surface area (Å²) in [6.07, 6.45) is 0. The third-order valence-electron chi connectivity index (χ3n) is 3.67. The maximum absolute atomic E-state index is 12.9. The topological polar surface area (TPSA) is 93.5 Å². The molecule has 2 aromatic carbocycles. The number of hydrogen-bond donors (Lipinski definition) is 2. The number of nitrogens with one attached hydrogen (secondary N) is 2. The van der Waals surface area contributed by atoms with Crippen LogP contribution in [0.5, 0.6) is 5.75 Å². The van der Waals surface area contributed by atoms with Gasteiger partial charge in [-0.2, -0.15) is 0 Å². The molecule has 27 heavy (non-hydrogen) atoms. The monoisotopic (exact) mass is 369 g/mol. The maximum Gasteiger partial charge on any atom is 0.277 e. The van der Waals surface area contributed by atoms with Gasteiger partial charge in [-0.15, -0.1) is 0 Å². The van der Waals surface area contributed by atoms with Gasteiger partial charge in [0.2, 0.25) is 0 Å². The van der Waals surface area contributed by atoms with Gasteiger partial charge in [-0.3, -0.25) is 9.59 Å². The van der Waals surface area contributed by atoms with Gasteiger partial charge < -0.3 is 19.9 Å². The fourth-order valence-electron chi connectivity index (χ4n) is 2.24. The lowest BCUT2D eigenvalue weighted by molar-refractivity contribution is 0.0945. The molecule has 8 heteroatoms. The second kappa shape index (κ2) is 8.13. The smallest absolute Gasteiger partial charge is 0.277 e. The Labute approximate surface area is 154 Å². The van der Waals surface area contributed by atoms with Gasteiger partial charge in [0.15, 0.2) is 11.5 Å². The van der Waals surface area contributed by atoms with Gasteiger partial charge in [-0.25, -0.2) is 4.39 Å². The molecule has 0 fully saturated rings. The molecule has 0 atom stereocenters. The number of carbonyl (C=O) groups excluding carboxylic acids is 2. The lowest BCUT2D eigenvalue weighted by atomic mass is 10.2. The van der Waals surface area contributed by atoms with Crippen LogP contribution in [0.2, 0.25) is 0 Å². The van der Waals surface area contributed by atoms with Crippen LogP contribution >= 0.6 is 0 Å². The zero-order valence-electron chi connectivity index (χ0n) is 14.4. The zero-order valence-corrected chi connectivity index (χ0v) is 14.4. The Balaban J connectivity index is 1.56. The summed E-state index contributed by atoms with van der Waals surface area (Å²) in [7, 11) is 1.54. The highest BCUT2D eigenvalue weighted by atomic mass is 19.1. The van der Waals surface area contributed by atoms with Crippen LogP contribution in [-0.2, 0) is 6.54 Å². The number of nitrogens with zero attached hydrogens (tertiary/aromatic N) is 1. The number of amides is 2. The molecule has 3 aromatic rings. The van der Waals surface area contributed by atoms with E-state index in [1.807, 2.05) is 0 Å². The minimum Gasteiger partial charge on any atom is -0.497 e. The highest BCUT2D eigenvalue weighted by Crippen LogP contribution is 2.13. The largest absolute Gasteiger partial charge is 0.497 e. The van der Waals surface area contributed by atoms with Crippen molar-refractivity contribution in [2.24, 2.45) is 0 Å². The predicted molar refractivity (Wildman–Crippen MR) is 95.0 cm³/mol. The molecule has 2 N–H and O–H groups in total. The van der Waals surface area contributed by atoms with E-state index in [2.05, 4.69) is 15.8 Å². The van der Waals surface area contributed by atoms with Crippen molar-refractivity contribution in [3.05, 3.63) is 77.4 Å². The second-order valence-electron chi connectivity index (χ2n) is 5.55. The first-order valence-electron chi connectivity index (χ1n) is 8.00. The number of carbonyl (C=O) groups is 2. The van der Waals surface area contributed by atoms with Crippen molar-refractivity contribution in [3.63, 3.8) is 0 Å². The molecular weight excluding hydrogens is 353 g/mol. The Bertz CT molecular complexity index is 936. The number of anilines is 1. The van der Waals surface area contributed by atoms with Crippen molar-refractivity contribution in [2.45, 2.75) is 6.54 Å². The quantitative estimate of drug-likeness (QED) is 0.697. The van der Waals surface area contributed by atoms with Crippen LogP contribution in [0.4, 0.5) is 10.1 Å². The third kappa shape index (κ3) is 4.69. The Morgan fingerprint density at radius 2 is 1.78 bits per heavy atom. The fraction of sp³-hybridized carbons (Fsp3) is 0.105. The average molecular weight is 369 g/mol. The molecule has 0 saturated heterocycles. The molecule has 3 rings (SSSR count). The summed E-state index contributed by atoms with van der Waals surface area (Å²) in [4.78, 5) is 24.2. The third-order valence-corrected chi connectivity index (χ3v) is 3.67. The lowest BCUT2D eigenvalue weighted by Crippen LogP contribution is -2.22. The van der Waals surface area contributed by atoms with Crippen molar-refractivity contribution >= 4 is 17.5 Å². The first-order valence-corrected chi connectivity index (χ1v) is 8.00. The summed E-state index contributed by atoms with van der Waals surface area (Å²) >= 11 is 0. The van der Waals surface area contributed by atoms with Gasteiger partial charge in [-0.05, 0) is 48.5 Å². The van der Waals surface area contributed by atoms with Crippen LogP contribution in [0.25, 0.3) is 0 Å². The van der Waals surface area contributed by atoms with Crippen LogP contribution in [0.1, 0.15) is 26.6 Å². The number of benzene rings is 2. The van der Waals surface area contributed by atoms with Gasteiger partial charge in [0.25, 0.3) is 11.8 Å². The molecule has 0 aliphatic rings. The number of aromatic nitrogens is 1. The molecule has 0 saturated carbocycles. The summed E-state index contributed by atoms with van der Waals surface area (Å²) in [6, 6.07) is 13.4. The normalized spacial score (nSPS) is 10.3. The number of halogens is 1. The van der Waals surface area contributed by atoms with E-state index in [1.165, 1.54) is 30.3 Å². The molecular formula is C19H16FN3O4. The second-order valence-corrected chi connectivity index (χ2v) is 5.55. The van der Waals surface area contributed by atoms with E-state index in [1.54, 1.807) is 31.4 Å². The van der Waals surface area contributed by atoms with E-state index in [0.29, 0.717) is 22.8 Å². The first-order chi connectivity index (χ1) is 13.0. The minimum absolute atomic E-state index is 0.0491. The summed E-state index contributed by atoms with van der Waals surface area (Å²) in [6.45, 7) is 0.0711. The van der Waals surface area contributed by atoms with Crippen LogP contribution < -0.4 is 15.4 Å². The molecule has 2 amide bonds. The molecule has 7 nitrogen and oxygen atoms in total. The zero-order chi connectivity index (χ0) is 19.2. The molecule has 0 bridgehead atoms. The molecule has 0 spiro atoms. The van der Waals surface area contributed by atoms with Crippen LogP contribution in [0.3, 0.4) is 0 Å². The van der Waals surface area contributed by atoms with Crippen molar-refractivity contribution in [1.82, 2.24) is 10.5 Å². The van der Waals surface area contributed by atoms with Gasteiger partial charge in [0.1, 0.15) is 11.6 Å². The van der Waals surface area contributed by atoms with Gasteiger partial charge in [-0.1, -0.05) is 5.16 Å². The summed E-state index contributed by atoms with van der Waals surface area (Å²) < 4.78 is 23.0.